The number of aliphatic hydroxyl groups excluding tert-OH is 1. The summed E-state index contributed by atoms with van der Waals surface area (Å²) in [5.41, 5.74) is 1.69. The standard InChI is InChI=1S/C12H12O3/c13-9-3-6-10-4-1-2-5-11(10)7-8-12(14)15/h1-2,4-5,13H,7-9H2,(H,14,15). The van der Waals surface area contributed by atoms with Crippen molar-refractivity contribution in [2.45, 2.75) is 12.8 Å². The van der Waals surface area contributed by atoms with E-state index < -0.39 is 5.97 Å². The lowest BCUT2D eigenvalue weighted by atomic mass is 10.0. The fourth-order valence-electron chi connectivity index (χ4n) is 1.24. The first-order valence-electron chi connectivity index (χ1n) is 4.63. The van der Waals surface area contributed by atoms with Crippen molar-refractivity contribution in [2.75, 3.05) is 6.61 Å². The summed E-state index contributed by atoms with van der Waals surface area (Å²) < 4.78 is 0. The molecule has 0 aliphatic carbocycles. The van der Waals surface area contributed by atoms with Gasteiger partial charge in [0.1, 0.15) is 6.61 Å². The zero-order valence-corrected chi connectivity index (χ0v) is 8.23. The van der Waals surface area contributed by atoms with Crippen LogP contribution in [0.1, 0.15) is 17.5 Å². The number of carboxylic acids is 1. The topological polar surface area (TPSA) is 57.5 Å². The molecule has 0 amide bonds. The van der Waals surface area contributed by atoms with Gasteiger partial charge in [-0.3, -0.25) is 4.79 Å². The highest BCUT2D eigenvalue weighted by atomic mass is 16.4. The Morgan fingerprint density at radius 2 is 2.07 bits per heavy atom. The second-order valence-electron chi connectivity index (χ2n) is 3.01. The van der Waals surface area contributed by atoms with Crippen LogP contribution in [0.3, 0.4) is 0 Å². The molecule has 1 aromatic rings. The third-order valence-corrected chi connectivity index (χ3v) is 1.93. The molecule has 0 aliphatic rings. The number of rotatable bonds is 3. The van der Waals surface area contributed by atoms with Gasteiger partial charge in [0, 0.05) is 12.0 Å². The number of benzene rings is 1. The SMILES string of the molecule is O=C(O)CCc1ccccc1C#CCO. The number of hydrogen-bond acceptors (Lipinski definition) is 2. The maximum atomic E-state index is 10.4. The highest BCUT2D eigenvalue weighted by Crippen LogP contribution is 2.09. The molecule has 0 unspecified atom stereocenters. The summed E-state index contributed by atoms with van der Waals surface area (Å²) in [6.45, 7) is -0.187. The van der Waals surface area contributed by atoms with E-state index in [1.807, 2.05) is 24.3 Å². The lowest BCUT2D eigenvalue weighted by molar-refractivity contribution is -0.136. The largest absolute Gasteiger partial charge is 0.481 e. The molecule has 0 fully saturated rings. The Balaban J connectivity index is 2.81. The highest BCUT2D eigenvalue weighted by Gasteiger charge is 2.02. The van der Waals surface area contributed by atoms with Crippen LogP contribution in [-0.2, 0) is 11.2 Å². The number of carbonyl (C=O) groups is 1. The average molecular weight is 204 g/mol. The average Bonchev–Trinajstić information content (AvgIpc) is 2.24. The van der Waals surface area contributed by atoms with Crippen LogP contribution in [-0.4, -0.2) is 22.8 Å². The molecule has 0 saturated heterocycles. The van der Waals surface area contributed by atoms with Crippen LogP contribution in [0.15, 0.2) is 24.3 Å². The van der Waals surface area contributed by atoms with E-state index in [0.29, 0.717) is 6.42 Å². The van der Waals surface area contributed by atoms with E-state index in [4.69, 9.17) is 10.2 Å². The van der Waals surface area contributed by atoms with Crippen molar-refractivity contribution >= 4 is 5.97 Å². The van der Waals surface area contributed by atoms with E-state index in [0.717, 1.165) is 11.1 Å². The zero-order valence-electron chi connectivity index (χ0n) is 8.23. The first-order valence-corrected chi connectivity index (χ1v) is 4.63. The molecule has 3 heteroatoms. The smallest absolute Gasteiger partial charge is 0.303 e. The van der Waals surface area contributed by atoms with Gasteiger partial charge in [-0.15, -0.1) is 0 Å². The van der Waals surface area contributed by atoms with Crippen LogP contribution in [0, 0.1) is 11.8 Å². The minimum absolute atomic E-state index is 0.0951. The zero-order chi connectivity index (χ0) is 11.1. The van der Waals surface area contributed by atoms with E-state index in [1.54, 1.807) is 0 Å². The molecule has 0 aromatic heterocycles. The predicted octanol–water partition coefficient (Wildman–Crippen LogP) is 1.05. The second-order valence-corrected chi connectivity index (χ2v) is 3.01. The fraction of sp³-hybridized carbons (Fsp3) is 0.250. The number of aliphatic carboxylic acids is 1. The molecule has 3 nitrogen and oxygen atoms in total. The summed E-state index contributed by atoms with van der Waals surface area (Å²) in [5, 5.41) is 17.1. The molecule has 1 aromatic carbocycles. The van der Waals surface area contributed by atoms with Crippen LogP contribution >= 0.6 is 0 Å². The number of aryl methyl sites for hydroxylation is 1. The number of hydrogen-bond donors (Lipinski definition) is 2. The molecular formula is C12H12O3. The minimum Gasteiger partial charge on any atom is -0.481 e. The van der Waals surface area contributed by atoms with Gasteiger partial charge in [0.2, 0.25) is 0 Å². The molecule has 15 heavy (non-hydrogen) atoms. The monoisotopic (exact) mass is 204 g/mol. The Kier molecular flexibility index (Phi) is 4.39. The highest BCUT2D eigenvalue weighted by molar-refractivity contribution is 5.67. The molecule has 0 bridgehead atoms. The van der Waals surface area contributed by atoms with Gasteiger partial charge in [-0.25, -0.2) is 0 Å². The molecule has 0 heterocycles. The number of aliphatic hydroxyl groups is 1. The lowest BCUT2D eigenvalue weighted by Gasteiger charge is -2.01. The predicted molar refractivity (Wildman–Crippen MR) is 56.4 cm³/mol. The van der Waals surface area contributed by atoms with Gasteiger partial charge in [0.15, 0.2) is 0 Å². The van der Waals surface area contributed by atoms with Gasteiger partial charge in [0.05, 0.1) is 0 Å². The minimum atomic E-state index is -0.820. The molecule has 0 spiro atoms. The third kappa shape index (κ3) is 3.84. The second kappa shape index (κ2) is 5.84. The quantitative estimate of drug-likeness (QED) is 0.723. The Hall–Kier alpha value is -1.79. The van der Waals surface area contributed by atoms with Crippen LogP contribution in [0.5, 0.6) is 0 Å². The molecule has 0 aliphatic heterocycles. The van der Waals surface area contributed by atoms with E-state index >= 15 is 0 Å². The number of carboxylic acid groups (broad SMARTS) is 1. The maximum Gasteiger partial charge on any atom is 0.303 e. The van der Waals surface area contributed by atoms with Crippen molar-refractivity contribution in [3.05, 3.63) is 35.4 Å². The summed E-state index contributed by atoms with van der Waals surface area (Å²) in [4.78, 5) is 10.4. The maximum absolute atomic E-state index is 10.4. The van der Waals surface area contributed by atoms with E-state index in [9.17, 15) is 4.79 Å². The van der Waals surface area contributed by atoms with Gasteiger partial charge in [-0.1, -0.05) is 30.0 Å². The molecule has 2 N–H and O–H groups in total. The van der Waals surface area contributed by atoms with Crippen molar-refractivity contribution < 1.29 is 15.0 Å². The molecule has 78 valence electrons. The van der Waals surface area contributed by atoms with E-state index in [-0.39, 0.29) is 13.0 Å². The van der Waals surface area contributed by atoms with Crippen molar-refractivity contribution in [1.29, 1.82) is 0 Å². The van der Waals surface area contributed by atoms with Crippen LogP contribution < -0.4 is 0 Å². The van der Waals surface area contributed by atoms with Crippen LogP contribution in [0.2, 0.25) is 0 Å². The van der Waals surface area contributed by atoms with Crippen LogP contribution in [0.4, 0.5) is 0 Å². The van der Waals surface area contributed by atoms with Crippen molar-refractivity contribution in [3.63, 3.8) is 0 Å². The van der Waals surface area contributed by atoms with Gasteiger partial charge in [-0.05, 0) is 18.1 Å². The normalized spacial score (nSPS) is 9.13. The van der Waals surface area contributed by atoms with Gasteiger partial charge < -0.3 is 10.2 Å². The van der Waals surface area contributed by atoms with Crippen LogP contribution in [0.25, 0.3) is 0 Å². The Morgan fingerprint density at radius 1 is 1.33 bits per heavy atom. The summed E-state index contributed by atoms with van der Waals surface area (Å²) in [5.74, 6) is 4.52. The lowest BCUT2D eigenvalue weighted by Crippen LogP contribution is -1.99. The van der Waals surface area contributed by atoms with Gasteiger partial charge in [0.25, 0.3) is 0 Å². The van der Waals surface area contributed by atoms with Gasteiger partial charge in [-0.2, -0.15) is 0 Å². The molecule has 1 rings (SSSR count). The molecular weight excluding hydrogens is 192 g/mol. The molecule has 0 atom stereocenters. The summed E-state index contributed by atoms with van der Waals surface area (Å²) in [6.07, 6.45) is 0.559. The van der Waals surface area contributed by atoms with Crippen molar-refractivity contribution in [3.8, 4) is 11.8 Å². The summed E-state index contributed by atoms with van der Waals surface area (Å²) in [6, 6.07) is 7.36. The summed E-state index contributed by atoms with van der Waals surface area (Å²) in [7, 11) is 0. The fourth-order valence-corrected chi connectivity index (χ4v) is 1.24. The van der Waals surface area contributed by atoms with Crippen molar-refractivity contribution in [2.24, 2.45) is 0 Å². The third-order valence-electron chi connectivity index (χ3n) is 1.93. The van der Waals surface area contributed by atoms with E-state index in [1.165, 1.54) is 0 Å². The Bertz CT molecular complexity index is 399. The summed E-state index contributed by atoms with van der Waals surface area (Å²) >= 11 is 0. The van der Waals surface area contributed by atoms with Gasteiger partial charge >= 0.3 is 5.97 Å². The molecule has 0 radical (unpaired) electrons. The van der Waals surface area contributed by atoms with Crippen molar-refractivity contribution in [1.82, 2.24) is 0 Å². The molecule has 0 saturated carbocycles. The first kappa shape index (κ1) is 11.3. The first-order chi connectivity index (χ1) is 7.24. The Morgan fingerprint density at radius 3 is 2.73 bits per heavy atom. The van der Waals surface area contributed by atoms with E-state index in [2.05, 4.69) is 11.8 Å². The Labute approximate surface area is 88.4 Å².